The molecular weight excluding hydrogens is 429 g/mol. The molecule has 0 fully saturated rings. The summed E-state index contributed by atoms with van der Waals surface area (Å²) in [6.45, 7) is 7.03. The number of benzene rings is 1. The van der Waals surface area contributed by atoms with Crippen LogP contribution in [0.1, 0.15) is 31.7 Å². The number of hydrogen-bond donors (Lipinski definition) is 0. The summed E-state index contributed by atoms with van der Waals surface area (Å²) in [4.78, 5) is 25.6. The van der Waals surface area contributed by atoms with Crippen LogP contribution in [0.2, 0.25) is 0 Å². The minimum atomic E-state index is -0.349. The molecule has 1 atom stereocenters. The number of esters is 1. The summed E-state index contributed by atoms with van der Waals surface area (Å²) >= 11 is 2.21. The van der Waals surface area contributed by atoms with E-state index in [2.05, 4.69) is 33.9 Å². The fraction of sp³-hybridized carbons (Fsp3) is 0.400. The lowest BCUT2D eigenvalue weighted by Gasteiger charge is -2.25. The van der Waals surface area contributed by atoms with E-state index in [1.54, 1.807) is 6.08 Å². The number of allylic oxidation sites excluding steroid dienone is 1. The average molecular weight is 455 g/mol. The third kappa shape index (κ3) is 8.86. The molecule has 1 amide bonds. The maximum absolute atomic E-state index is 12.8. The monoisotopic (exact) mass is 455 g/mol. The molecule has 0 N–H and O–H groups in total. The summed E-state index contributed by atoms with van der Waals surface area (Å²) < 4.78 is 4.45. The molecule has 0 saturated carbocycles. The number of methoxy groups -OCH3 is 1. The Balaban J connectivity index is 2.56. The topological polar surface area (TPSA) is 46.6 Å². The van der Waals surface area contributed by atoms with Gasteiger partial charge in [0.15, 0.2) is 0 Å². The zero-order valence-corrected chi connectivity index (χ0v) is 17.1. The molecule has 0 heterocycles. The molecule has 1 aromatic rings. The molecule has 0 bridgehead atoms. The highest BCUT2D eigenvalue weighted by Crippen LogP contribution is 2.17. The van der Waals surface area contributed by atoms with Crippen LogP contribution in [0.3, 0.4) is 0 Å². The van der Waals surface area contributed by atoms with Gasteiger partial charge in [0.1, 0.15) is 0 Å². The first-order chi connectivity index (χ1) is 11.9. The molecular formula is C20H26INO3. The van der Waals surface area contributed by atoms with E-state index in [0.717, 1.165) is 30.4 Å². The van der Waals surface area contributed by atoms with Crippen LogP contribution in [-0.4, -0.2) is 34.4 Å². The van der Waals surface area contributed by atoms with Crippen LogP contribution < -0.4 is 0 Å². The van der Waals surface area contributed by atoms with Crippen LogP contribution in [0.15, 0.2) is 54.6 Å². The summed E-state index contributed by atoms with van der Waals surface area (Å²) in [7, 11) is 1.36. The summed E-state index contributed by atoms with van der Waals surface area (Å²) in [6.07, 6.45) is 5.58. The maximum Gasteiger partial charge on any atom is 0.330 e. The molecule has 1 rings (SSSR count). The number of alkyl halides is 1. The van der Waals surface area contributed by atoms with Crippen LogP contribution in [0.4, 0.5) is 0 Å². The van der Waals surface area contributed by atoms with E-state index in [-0.39, 0.29) is 15.8 Å². The van der Waals surface area contributed by atoms with Gasteiger partial charge in [-0.25, -0.2) is 4.79 Å². The fourth-order valence-electron chi connectivity index (χ4n) is 2.33. The predicted octanol–water partition coefficient (Wildman–Crippen LogP) is 4.29. The highest BCUT2D eigenvalue weighted by molar-refractivity contribution is 14.1. The largest absolute Gasteiger partial charge is 0.466 e. The summed E-state index contributed by atoms with van der Waals surface area (Å²) in [5, 5.41) is 0. The first-order valence-electron chi connectivity index (χ1n) is 8.29. The average Bonchev–Trinajstić information content (AvgIpc) is 2.60. The molecule has 0 aliphatic carbocycles. The molecule has 4 nitrogen and oxygen atoms in total. The van der Waals surface area contributed by atoms with Gasteiger partial charge in [-0.2, -0.15) is 0 Å². The molecule has 0 saturated heterocycles. The van der Waals surface area contributed by atoms with E-state index in [1.165, 1.54) is 13.2 Å². The molecule has 0 spiro atoms. The molecule has 1 aromatic carbocycles. The first kappa shape index (κ1) is 21.4. The number of amides is 1. The maximum atomic E-state index is 12.8. The second-order valence-corrected chi connectivity index (χ2v) is 7.46. The Morgan fingerprint density at radius 3 is 2.60 bits per heavy atom. The highest BCUT2D eigenvalue weighted by Gasteiger charge is 2.21. The van der Waals surface area contributed by atoms with Crippen molar-refractivity contribution >= 4 is 34.5 Å². The minimum Gasteiger partial charge on any atom is -0.466 e. The van der Waals surface area contributed by atoms with E-state index in [0.29, 0.717) is 13.1 Å². The van der Waals surface area contributed by atoms with Gasteiger partial charge in [-0.1, -0.05) is 71.2 Å². The fourth-order valence-corrected chi connectivity index (χ4v) is 3.16. The van der Waals surface area contributed by atoms with Gasteiger partial charge >= 0.3 is 5.97 Å². The van der Waals surface area contributed by atoms with Crippen molar-refractivity contribution < 1.29 is 14.3 Å². The number of ether oxygens (including phenoxy) is 1. The normalized spacial score (nSPS) is 12.0. The Morgan fingerprint density at radius 1 is 1.32 bits per heavy atom. The van der Waals surface area contributed by atoms with Gasteiger partial charge in [0.25, 0.3) is 0 Å². The quantitative estimate of drug-likeness (QED) is 0.132. The van der Waals surface area contributed by atoms with Crippen LogP contribution in [-0.2, 0) is 20.9 Å². The van der Waals surface area contributed by atoms with Gasteiger partial charge in [0.05, 0.1) is 11.0 Å². The molecule has 0 aromatic heterocycles. The Morgan fingerprint density at radius 2 is 2.00 bits per heavy atom. The number of hydrogen-bond acceptors (Lipinski definition) is 3. The highest BCUT2D eigenvalue weighted by atomic mass is 127. The van der Waals surface area contributed by atoms with Crippen molar-refractivity contribution in [3.63, 3.8) is 0 Å². The van der Waals surface area contributed by atoms with E-state index < -0.39 is 0 Å². The number of nitrogens with zero attached hydrogens (tertiary/aromatic N) is 1. The van der Waals surface area contributed by atoms with E-state index >= 15 is 0 Å². The van der Waals surface area contributed by atoms with Gasteiger partial charge in [-0.3, -0.25) is 4.79 Å². The Bertz CT molecular complexity index is 598. The van der Waals surface area contributed by atoms with Crippen molar-refractivity contribution in [3.05, 3.63) is 60.2 Å². The lowest BCUT2D eigenvalue weighted by atomic mass is 10.1. The Labute approximate surface area is 164 Å². The number of carbonyl (C=O) groups is 2. The lowest BCUT2D eigenvalue weighted by Crippen LogP contribution is -2.37. The predicted molar refractivity (Wildman–Crippen MR) is 109 cm³/mol. The molecule has 5 heteroatoms. The van der Waals surface area contributed by atoms with E-state index in [9.17, 15) is 9.59 Å². The molecule has 0 aliphatic rings. The molecule has 25 heavy (non-hydrogen) atoms. The molecule has 0 aliphatic heterocycles. The number of carbonyl (C=O) groups excluding carboxylic acids is 2. The van der Waals surface area contributed by atoms with E-state index in [4.69, 9.17) is 0 Å². The standard InChI is InChI=1S/C20H26INO3/c1-16(2)14-22(15-17-10-6-4-7-11-17)20(24)18(21)12-8-5-9-13-19(23)25-3/h4,6-7,9-11,13,18H,1,5,8,12,14-15H2,2-3H3/b13-9+. The zero-order chi connectivity index (χ0) is 18.7. The van der Waals surface area contributed by atoms with Crippen molar-refractivity contribution in [1.82, 2.24) is 4.90 Å². The van der Waals surface area contributed by atoms with Crippen LogP contribution >= 0.6 is 22.6 Å². The first-order valence-corrected chi connectivity index (χ1v) is 9.54. The van der Waals surface area contributed by atoms with Gasteiger partial charge in [0.2, 0.25) is 5.91 Å². The van der Waals surface area contributed by atoms with Crippen molar-refractivity contribution in [2.75, 3.05) is 13.7 Å². The van der Waals surface area contributed by atoms with Gasteiger partial charge in [-0.15, -0.1) is 0 Å². The van der Waals surface area contributed by atoms with Crippen LogP contribution in [0, 0.1) is 0 Å². The number of unbranched alkanes of at least 4 members (excludes halogenated alkanes) is 1. The summed E-state index contributed by atoms with van der Waals surface area (Å²) in [6, 6.07) is 9.98. The molecule has 1 unspecified atom stereocenters. The van der Waals surface area contributed by atoms with Crippen molar-refractivity contribution in [3.8, 4) is 0 Å². The summed E-state index contributed by atoms with van der Waals surface area (Å²) in [5.74, 6) is -0.220. The zero-order valence-electron chi connectivity index (χ0n) is 14.9. The van der Waals surface area contributed by atoms with E-state index in [1.807, 2.05) is 42.2 Å². The summed E-state index contributed by atoms with van der Waals surface area (Å²) in [5.41, 5.74) is 2.08. The van der Waals surface area contributed by atoms with Crippen LogP contribution in [0.5, 0.6) is 0 Å². The lowest BCUT2D eigenvalue weighted by molar-refractivity contribution is -0.135. The molecule has 0 radical (unpaired) electrons. The number of halogens is 1. The van der Waals surface area contributed by atoms with Crippen molar-refractivity contribution in [2.24, 2.45) is 0 Å². The van der Waals surface area contributed by atoms with Crippen molar-refractivity contribution in [1.29, 1.82) is 0 Å². The minimum absolute atomic E-state index is 0.0906. The Hall–Kier alpha value is -1.63. The number of rotatable bonds is 10. The third-order valence-electron chi connectivity index (χ3n) is 3.54. The Kier molecular flexibility index (Phi) is 10.1. The second-order valence-electron chi connectivity index (χ2n) is 5.96. The second kappa shape index (κ2) is 11.8. The molecule has 136 valence electrons. The van der Waals surface area contributed by atoms with Gasteiger partial charge in [0, 0.05) is 19.2 Å². The van der Waals surface area contributed by atoms with Gasteiger partial charge < -0.3 is 9.64 Å². The third-order valence-corrected chi connectivity index (χ3v) is 4.70. The van der Waals surface area contributed by atoms with Crippen molar-refractivity contribution in [2.45, 2.75) is 36.7 Å². The smallest absolute Gasteiger partial charge is 0.330 e. The van der Waals surface area contributed by atoms with Crippen LogP contribution in [0.25, 0.3) is 0 Å². The SMILES string of the molecule is C=C(C)CN(Cc1ccccc1)C(=O)C(I)CCC/C=C/C(=O)OC. The van der Waals surface area contributed by atoms with Gasteiger partial charge in [-0.05, 0) is 31.7 Å².